The summed E-state index contributed by atoms with van der Waals surface area (Å²) in [6.45, 7) is 0.392. The number of piperidine rings is 1. The smallest absolute Gasteiger partial charge is 0.338 e. The second kappa shape index (κ2) is 7.07. The molecule has 1 aromatic rings. The van der Waals surface area contributed by atoms with Crippen LogP contribution in [0.15, 0.2) is 18.2 Å². The van der Waals surface area contributed by atoms with Gasteiger partial charge in [0.05, 0.1) is 23.5 Å². The van der Waals surface area contributed by atoms with Gasteiger partial charge in [0.25, 0.3) is 11.6 Å². The number of hydrogen-bond acceptors (Lipinski definition) is 6. The summed E-state index contributed by atoms with van der Waals surface area (Å²) in [5.41, 5.74) is -0.564. The summed E-state index contributed by atoms with van der Waals surface area (Å²) in [4.78, 5) is 46.9. The third-order valence-electron chi connectivity index (χ3n) is 3.85. The zero-order valence-electron chi connectivity index (χ0n) is 12.9. The molecule has 1 N–H and O–H groups in total. The molecule has 0 saturated carbocycles. The summed E-state index contributed by atoms with van der Waals surface area (Å²) in [5, 5.41) is 20.1. The second-order valence-corrected chi connectivity index (χ2v) is 5.45. The summed E-state index contributed by atoms with van der Waals surface area (Å²) in [6, 6.07) is 3.31. The summed E-state index contributed by atoms with van der Waals surface area (Å²) in [6.07, 6.45) is 1.00. The van der Waals surface area contributed by atoms with E-state index in [1.807, 2.05) is 0 Å². The molecule has 1 amide bonds. The molecular weight excluding hydrogens is 320 g/mol. The molecule has 24 heavy (non-hydrogen) atoms. The van der Waals surface area contributed by atoms with Crippen LogP contribution in [0.5, 0.6) is 0 Å². The molecule has 1 aromatic carbocycles. The first-order valence-electron chi connectivity index (χ1n) is 7.23. The fourth-order valence-corrected chi connectivity index (χ4v) is 2.62. The highest BCUT2D eigenvalue weighted by atomic mass is 16.6. The summed E-state index contributed by atoms with van der Waals surface area (Å²) >= 11 is 0. The number of hydrogen-bond donors (Lipinski definition) is 1. The standard InChI is InChI=1S/C15H16N2O7/c1-24-15(21)11-5-10(6-12(7-11)17(22)23)13(18)16-4-2-3-9(8-16)14(19)20/h5-7,9H,2-4,8H2,1H3,(H,19,20)/t9-/m1/s1. The number of likely N-dealkylation sites (tertiary alicyclic amines) is 1. The Labute approximate surface area is 137 Å². The molecule has 9 heteroatoms. The number of amides is 1. The minimum absolute atomic E-state index is 0.0322. The quantitative estimate of drug-likeness (QED) is 0.499. The number of nitro groups is 1. The number of carboxylic acid groups (broad SMARTS) is 1. The van der Waals surface area contributed by atoms with Gasteiger partial charge < -0.3 is 14.7 Å². The number of carbonyl (C=O) groups excluding carboxylic acids is 2. The van der Waals surface area contributed by atoms with Gasteiger partial charge in [-0.15, -0.1) is 0 Å². The van der Waals surface area contributed by atoms with Crippen LogP contribution in [0.1, 0.15) is 33.6 Å². The Morgan fingerprint density at radius 2 is 1.96 bits per heavy atom. The van der Waals surface area contributed by atoms with Crippen LogP contribution in [0.25, 0.3) is 0 Å². The second-order valence-electron chi connectivity index (χ2n) is 5.45. The van der Waals surface area contributed by atoms with Crippen molar-refractivity contribution >= 4 is 23.5 Å². The Kier molecular flexibility index (Phi) is 5.12. The zero-order chi connectivity index (χ0) is 17.9. The van der Waals surface area contributed by atoms with Crippen molar-refractivity contribution in [2.45, 2.75) is 12.8 Å². The first kappa shape index (κ1) is 17.4. The lowest BCUT2D eigenvalue weighted by atomic mass is 9.97. The topological polar surface area (TPSA) is 127 Å². The van der Waals surface area contributed by atoms with Crippen molar-refractivity contribution in [3.8, 4) is 0 Å². The van der Waals surface area contributed by atoms with Crippen molar-refractivity contribution in [2.75, 3.05) is 20.2 Å². The summed E-state index contributed by atoms with van der Waals surface area (Å²) < 4.78 is 4.54. The predicted octanol–water partition coefficient (Wildman–Crippen LogP) is 1.32. The van der Waals surface area contributed by atoms with E-state index in [1.165, 1.54) is 11.0 Å². The molecule has 0 radical (unpaired) electrons. The van der Waals surface area contributed by atoms with Crippen molar-refractivity contribution in [3.05, 3.63) is 39.4 Å². The summed E-state index contributed by atoms with van der Waals surface area (Å²) in [7, 11) is 1.13. The number of methoxy groups -OCH3 is 1. The molecule has 0 unspecified atom stereocenters. The normalized spacial score (nSPS) is 17.2. The zero-order valence-corrected chi connectivity index (χ0v) is 12.9. The average molecular weight is 336 g/mol. The Morgan fingerprint density at radius 1 is 1.29 bits per heavy atom. The van der Waals surface area contributed by atoms with E-state index in [2.05, 4.69) is 4.74 Å². The third-order valence-corrected chi connectivity index (χ3v) is 3.85. The van der Waals surface area contributed by atoms with Crippen LogP contribution >= 0.6 is 0 Å². The molecular formula is C15H16N2O7. The minimum atomic E-state index is -0.984. The Morgan fingerprint density at radius 3 is 2.54 bits per heavy atom. The highest BCUT2D eigenvalue weighted by molar-refractivity contribution is 5.99. The van der Waals surface area contributed by atoms with Crippen LogP contribution < -0.4 is 0 Å². The summed E-state index contributed by atoms with van der Waals surface area (Å²) in [5.74, 6) is -2.99. The lowest BCUT2D eigenvalue weighted by molar-refractivity contribution is -0.384. The number of esters is 1. The first-order chi connectivity index (χ1) is 11.3. The van der Waals surface area contributed by atoms with E-state index in [0.717, 1.165) is 19.2 Å². The van der Waals surface area contributed by atoms with Crippen molar-refractivity contribution in [1.82, 2.24) is 4.90 Å². The van der Waals surface area contributed by atoms with E-state index in [1.54, 1.807) is 0 Å². The molecule has 0 spiro atoms. The maximum Gasteiger partial charge on any atom is 0.338 e. The molecule has 9 nitrogen and oxygen atoms in total. The molecule has 1 aliphatic heterocycles. The predicted molar refractivity (Wildman–Crippen MR) is 80.7 cm³/mol. The van der Waals surface area contributed by atoms with Gasteiger partial charge in [-0.25, -0.2) is 4.79 Å². The average Bonchev–Trinajstić information content (AvgIpc) is 2.59. The van der Waals surface area contributed by atoms with Crippen molar-refractivity contribution in [1.29, 1.82) is 0 Å². The van der Waals surface area contributed by atoms with Gasteiger partial charge in [-0.05, 0) is 18.9 Å². The van der Waals surface area contributed by atoms with Gasteiger partial charge in [-0.1, -0.05) is 0 Å². The van der Waals surface area contributed by atoms with E-state index >= 15 is 0 Å². The molecule has 0 aromatic heterocycles. The molecule has 128 valence electrons. The maximum atomic E-state index is 12.6. The molecule has 1 atom stereocenters. The van der Waals surface area contributed by atoms with Gasteiger partial charge in [-0.3, -0.25) is 19.7 Å². The van der Waals surface area contributed by atoms with Gasteiger partial charge in [0.15, 0.2) is 0 Å². The number of ether oxygens (including phenoxy) is 1. The molecule has 0 aliphatic carbocycles. The number of nitrogens with zero attached hydrogens (tertiary/aromatic N) is 2. The minimum Gasteiger partial charge on any atom is -0.481 e. The molecule has 1 heterocycles. The van der Waals surface area contributed by atoms with Crippen molar-refractivity contribution in [2.24, 2.45) is 5.92 Å². The number of carbonyl (C=O) groups is 3. The van der Waals surface area contributed by atoms with E-state index in [-0.39, 0.29) is 17.7 Å². The number of aliphatic carboxylic acids is 1. The maximum absolute atomic E-state index is 12.6. The largest absolute Gasteiger partial charge is 0.481 e. The number of nitro benzene ring substituents is 1. The van der Waals surface area contributed by atoms with E-state index < -0.39 is 34.4 Å². The van der Waals surface area contributed by atoms with E-state index in [0.29, 0.717) is 19.4 Å². The van der Waals surface area contributed by atoms with E-state index in [4.69, 9.17) is 5.11 Å². The number of rotatable bonds is 4. The van der Waals surface area contributed by atoms with Gasteiger partial charge in [-0.2, -0.15) is 0 Å². The van der Waals surface area contributed by atoms with Gasteiger partial charge in [0.2, 0.25) is 0 Å². The lowest BCUT2D eigenvalue weighted by Crippen LogP contribution is -2.42. The van der Waals surface area contributed by atoms with Crippen LogP contribution in [0.4, 0.5) is 5.69 Å². The molecule has 2 rings (SSSR count). The van der Waals surface area contributed by atoms with Crippen LogP contribution in [0.3, 0.4) is 0 Å². The van der Waals surface area contributed by atoms with Crippen LogP contribution in [0.2, 0.25) is 0 Å². The van der Waals surface area contributed by atoms with Gasteiger partial charge >= 0.3 is 11.9 Å². The third kappa shape index (κ3) is 3.67. The number of carboxylic acids is 1. The highest BCUT2D eigenvalue weighted by Gasteiger charge is 2.29. The lowest BCUT2D eigenvalue weighted by Gasteiger charge is -2.30. The monoisotopic (exact) mass is 336 g/mol. The molecule has 1 fully saturated rings. The fourth-order valence-electron chi connectivity index (χ4n) is 2.62. The Bertz CT molecular complexity index is 701. The SMILES string of the molecule is COC(=O)c1cc(C(=O)N2CCC[C@@H](C(=O)O)C2)cc([N+](=O)[O-])c1. The first-order valence-corrected chi connectivity index (χ1v) is 7.23. The van der Waals surface area contributed by atoms with Crippen LogP contribution in [-0.4, -0.2) is 53.0 Å². The van der Waals surface area contributed by atoms with Crippen LogP contribution in [0, 0.1) is 16.0 Å². The van der Waals surface area contributed by atoms with E-state index in [9.17, 15) is 24.5 Å². The molecule has 0 bridgehead atoms. The van der Waals surface area contributed by atoms with Crippen LogP contribution in [-0.2, 0) is 9.53 Å². The Hall–Kier alpha value is -2.97. The Balaban J connectivity index is 2.34. The van der Waals surface area contributed by atoms with Gasteiger partial charge in [0.1, 0.15) is 0 Å². The van der Waals surface area contributed by atoms with Gasteiger partial charge in [0, 0.05) is 30.8 Å². The number of benzene rings is 1. The van der Waals surface area contributed by atoms with Crippen molar-refractivity contribution < 1.29 is 29.2 Å². The molecule has 1 saturated heterocycles. The highest BCUT2D eigenvalue weighted by Crippen LogP contribution is 2.23. The fraction of sp³-hybridized carbons (Fsp3) is 0.400. The number of non-ortho nitro benzene ring substituents is 1. The van der Waals surface area contributed by atoms with Crippen molar-refractivity contribution in [3.63, 3.8) is 0 Å². The molecule has 1 aliphatic rings.